The van der Waals surface area contributed by atoms with Crippen molar-refractivity contribution in [3.8, 4) is 11.5 Å². The standard InChI is InChI=1S/C33H42O6/c1-19(2)9-11-23-18-32(15-13-20(3)4)28(37)26(27(36)22-10-12-24(34)25(35)17-22)29(38)33(30(32)39,31(23,7)8)16-14-21(5)6/h9-10,12-14,17,23,34-36H,11,15-16,18H2,1-8H3/b27-26+/t23-,32+,33-/m1/s1. The Hall–Kier alpha value is -3.41. The van der Waals surface area contributed by atoms with Crippen molar-refractivity contribution in [3.05, 3.63) is 64.3 Å². The Bertz CT molecular complexity index is 1330. The SMILES string of the molecule is CC(C)=CC[C@@H]1C[C@@]2(CC=C(C)C)C(=O)/C(=C(\O)c3ccc(O)c(O)c3)C(=O)[C@](CC=C(C)C)(C2=O)C1(C)C. The van der Waals surface area contributed by atoms with Crippen LogP contribution in [0.2, 0.25) is 0 Å². The summed E-state index contributed by atoms with van der Waals surface area (Å²) in [7, 11) is 0. The molecule has 0 amide bonds. The number of allylic oxidation sites excluding steroid dienone is 7. The summed E-state index contributed by atoms with van der Waals surface area (Å²) in [6, 6.07) is 3.62. The summed E-state index contributed by atoms with van der Waals surface area (Å²) < 4.78 is 0. The Morgan fingerprint density at radius 2 is 1.41 bits per heavy atom. The normalized spacial score (nSPS) is 27.1. The molecule has 0 aromatic heterocycles. The molecule has 6 heteroatoms. The van der Waals surface area contributed by atoms with E-state index in [1.165, 1.54) is 12.1 Å². The van der Waals surface area contributed by atoms with E-state index in [1.807, 2.05) is 67.5 Å². The summed E-state index contributed by atoms with van der Waals surface area (Å²) >= 11 is 0. The topological polar surface area (TPSA) is 112 Å². The highest BCUT2D eigenvalue weighted by atomic mass is 16.3. The van der Waals surface area contributed by atoms with Gasteiger partial charge in [-0.3, -0.25) is 14.4 Å². The number of carbonyl (C=O) groups is 3. The van der Waals surface area contributed by atoms with Crippen LogP contribution < -0.4 is 0 Å². The average Bonchev–Trinajstić information content (AvgIpc) is 2.83. The van der Waals surface area contributed by atoms with Gasteiger partial charge in [0.1, 0.15) is 16.7 Å². The van der Waals surface area contributed by atoms with Gasteiger partial charge in [0, 0.05) is 5.56 Å². The average molecular weight is 535 g/mol. The first kappa shape index (κ1) is 30.1. The minimum Gasteiger partial charge on any atom is -0.506 e. The highest BCUT2D eigenvalue weighted by molar-refractivity contribution is 6.41. The molecule has 2 saturated carbocycles. The highest BCUT2D eigenvalue weighted by Crippen LogP contribution is 2.65. The van der Waals surface area contributed by atoms with Crippen LogP contribution in [-0.4, -0.2) is 32.7 Å². The number of aliphatic hydroxyl groups is 1. The zero-order valence-electron chi connectivity index (χ0n) is 24.4. The van der Waals surface area contributed by atoms with Crippen molar-refractivity contribution in [1.29, 1.82) is 0 Å². The van der Waals surface area contributed by atoms with Gasteiger partial charge in [-0.15, -0.1) is 0 Å². The molecule has 3 rings (SSSR count). The van der Waals surface area contributed by atoms with Gasteiger partial charge in [0.2, 0.25) is 0 Å². The molecule has 39 heavy (non-hydrogen) atoms. The molecule has 0 heterocycles. The maximum atomic E-state index is 14.7. The number of phenolic OH excluding ortho intramolecular Hbond substituents is 2. The Morgan fingerprint density at radius 3 is 1.95 bits per heavy atom. The van der Waals surface area contributed by atoms with E-state index in [0.717, 1.165) is 22.8 Å². The molecule has 1 aromatic carbocycles. The van der Waals surface area contributed by atoms with E-state index < -0.39 is 50.6 Å². The van der Waals surface area contributed by atoms with Crippen molar-refractivity contribution in [3.63, 3.8) is 0 Å². The molecule has 210 valence electrons. The van der Waals surface area contributed by atoms with Crippen LogP contribution in [0.4, 0.5) is 0 Å². The van der Waals surface area contributed by atoms with Gasteiger partial charge in [0.25, 0.3) is 0 Å². The number of fused-ring (bicyclic) bond motifs is 2. The van der Waals surface area contributed by atoms with E-state index in [1.54, 1.807) is 0 Å². The zero-order valence-corrected chi connectivity index (χ0v) is 24.4. The molecule has 2 fully saturated rings. The van der Waals surface area contributed by atoms with Gasteiger partial charge in [0.05, 0.1) is 5.41 Å². The first-order chi connectivity index (χ1) is 18.0. The fourth-order valence-corrected chi connectivity index (χ4v) is 6.20. The minimum absolute atomic E-state index is 0.0167. The fraction of sp³-hybridized carbons (Fsp3) is 0.485. The predicted molar refractivity (Wildman–Crippen MR) is 153 cm³/mol. The summed E-state index contributed by atoms with van der Waals surface area (Å²) in [5.41, 5.74) is -1.31. The molecule has 3 N–H and O–H groups in total. The van der Waals surface area contributed by atoms with E-state index in [2.05, 4.69) is 6.08 Å². The van der Waals surface area contributed by atoms with Crippen LogP contribution >= 0.6 is 0 Å². The lowest BCUT2D eigenvalue weighted by molar-refractivity contribution is -0.176. The number of aromatic hydroxyl groups is 2. The Balaban J connectivity index is 2.45. The van der Waals surface area contributed by atoms with Crippen molar-refractivity contribution in [2.75, 3.05) is 0 Å². The Morgan fingerprint density at radius 1 is 0.846 bits per heavy atom. The number of benzene rings is 1. The molecular weight excluding hydrogens is 492 g/mol. The Kier molecular flexibility index (Phi) is 8.21. The largest absolute Gasteiger partial charge is 0.506 e. The van der Waals surface area contributed by atoms with Crippen LogP contribution in [0.25, 0.3) is 5.76 Å². The third-order valence-corrected chi connectivity index (χ3v) is 8.79. The molecule has 2 bridgehead atoms. The lowest BCUT2D eigenvalue weighted by Gasteiger charge is -2.60. The molecule has 1 aromatic rings. The molecule has 2 aliphatic rings. The van der Waals surface area contributed by atoms with Crippen LogP contribution in [0.1, 0.15) is 86.6 Å². The predicted octanol–water partition coefficient (Wildman–Crippen LogP) is 7.18. The van der Waals surface area contributed by atoms with Crippen molar-refractivity contribution >= 4 is 23.1 Å². The number of rotatable bonds is 7. The fourth-order valence-electron chi connectivity index (χ4n) is 6.20. The van der Waals surface area contributed by atoms with Crippen LogP contribution in [-0.2, 0) is 14.4 Å². The third-order valence-electron chi connectivity index (χ3n) is 8.79. The van der Waals surface area contributed by atoms with Crippen LogP contribution in [0.5, 0.6) is 11.5 Å². The monoisotopic (exact) mass is 534 g/mol. The van der Waals surface area contributed by atoms with E-state index in [4.69, 9.17) is 0 Å². The maximum Gasteiger partial charge on any atom is 0.184 e. The second-order valence-electron chi connectivity index (χ2n) is 12.5. The van der Waals surface area contributed by atoms with E-state index in [9.17, 15) is 29.7 Å². The number of carbonyl (C=O) groups excluding carboxylic acids is 3. The zero-order chi connectivity index (χ0) is 29.5. The number of ketones is 3. The number of phenols is 2. The number of hydrogen-bond acceptors (Lipinski definition) is 6. The van der Waals surface area contributed by atoms with Gasteiger partial charge in [-0.1, -0.05) is 48.8 Å². The van der Waals surface area contributed by atoms with E-state index >= 15 is 0 Å². The Labute approximate surface area is 231 Å². The first-order valence-corrected chi connectivity index (χ1v) is 13.5. The van der Waals surface area contributed by atoms with Crippen LogP contribution in [0.3, 0.4) is 0 Å². The molecule has 3 atom stereocenters. The quantitative estimate of drug-likeness (QED) is 0.0853. The molecule has 0 spiro atoms. The molecule has 6 nitrogen and oxygen atoms in total. The molecule has 0 saturated heterocycles. The molecule has 0 unspecified atom stereocenters. The van der Waals surface area contributed by atoms with Gasteiger partial charge < -0.3 is 15.3 Å². The van der Waals surface area contributed by atoms with Crippen molar-refractivity contribution in [2.24, 2.45) is 22.2 Å². The van der Waals surface area contributed by atoms with Gasteiger partial charge in [-0.05, 0) is 96.8 Å². The minimum atomic E-state index is -1.58. The third kappa shape index (κ3) is 4.90. The van der Waals surface area contributed by atoms with Gasteiger partial charge in [-0.2, -0.15) is 0 Å². The summed E-state index contributed by atoms with van der Waals surface area (Å²) in [6.45, 7) is 15.5. The smallest absolute Gasteiger partial charge is 0.184 e. The number of aliphatic hydroxyl groups excluding tert-OH is 1. The summed E-state index contributed by atoms with van der Waals surface area (Å²) in [5.74, 6) is -3.35. The number of Topliss-reactive ketones (excluding diaryl/α,β-unsaturated/α-hetero) is 3. The van der Waals surface area contributed by atoms with Gasteiger partial charge >= 0.3 is 0 Å². The highest BCUT2D eigenvalue weighted by Gasteiger charge is 2.73. The number of hydrogen-bond donors (Lipinski definition) is 3. The van der Waals surface area contributed by atoms with Crippen molar-refractivity contribution < 1.29 is 29.7 Å². The second-order valence-corrected chi connectivity index (χ2v) is 12.5. The van der Waals surface area contributed by atoms with Crippen molar-refractivity contribution in [2.45, 2.75) is 81.1 Å². The van der Waals surface area contributed by atoms with Gasteiger partial charge in [-0.25, -0.2) is 0 Å². The summed E-state index contributed by atoms with van der Waals surface area (Å²) in [4.78, 5) is 43.7. The second kappa shape index (κ2) is 10.6. The van der Waals surface area contributed by atoms with Crippen molar-refractivity contribution in [1.82, 2.24) is 0 Å². The lowest BCUT2D eigenvalue weighted by atomic mass is 9.38. The maximum absolute atomic E-state index is 14.7. The van der Waals surface area contributed by atoms with E-state index in [-0.39, 0.29) is 36.5 Å². The van der Waals surface area contributed by atoms with Crippen LogP contribution in [0.15, 0.2) is 58.7 Å². The first-order valence-electron chi connectivity index (χ1n) is 13.5. The van der Waals surface area contributed by atoms with Crippen LogP contribution in [0, 0.1) is 22.2 Å². The lowest BCUT2D eigenvalue weighted by Crippen LogP contribution is -2.69. The molecule has 0 aliphatic heterocycles. The molecular formula is C33H42O6. The molecule has 0 radical (unpaired) electrons. The summed E-state index contributed by atoms with van der Waals surface area (Å²) in [6.07, 6.45) is 6.98. The van der Waals surface area contributed by atoms with Gasteiger partial charge in [0.15, 0.2) is 28.8 Å². The summed E-state index contributed by atoms with van der Waals surface area (Å²) in [5, 5.41) is 31.3. The molecule has 2 aliphatic carbocycles. The van der Waals surface area contributed by atoms with E-state index in [0.29, 0.717) is 6.42 Å².